The number of aromatic nitrogens is 1. The van der Waals surface area contributed by atoms with Crippen LogP contribution in [-0.4, -0.2) is 52.4 Å². The van der Waals surface area contributed by atoms with E-state index in [4.69, 9.17) is 4.42 Å². The fourth-order valence-electron chi connectivity index (χ4n) is 6.77. The quantitative estimate of drug-likeness (QED) is 0.659. The summed E-state index contributed by atoms with van der Waals surface area (Å²) in [4.78, 5) is 22.7. The molecule has 2 aromatic rings. The van der Waals surface area contributed by atoms with Gasteiger partial charge >= 0.3 is 0 Å². The molecule has 0 unspecified atom stereocenters. The summed E-state index contributed by atoms with van der Waals surface area (Å²) in [6.45, 7) is 3.31. The monoisotopic (exact) mass is 431 g/mol. The number of aryl methyl sites for hydroxylation is 1. The summed E-state index contributed by atoms with van der Waals surface area (Å²) in [6.07, 6.45) is 13.0. The molecule has 4 heterocycles. The molecule has 5 heteroatoms. The van der Waals surface area contributed by atoms with E-state index in [1.165, 1.54) is 45.2 Å². The van der Waals surface area contributed by atoms with Gasteiger partial charge < -0.3 is 9.32 Å². The van der Waals surface area contributed by atoms with Crippen molar-refractivity contribution in [2.45, 2.75) is 63.5 Å². The van der Waals surface area contributed by atoms with Crippen molar-refractivity contribution in [2.75, 3.05) is 19.6 Å². The van der Waals surface area contributed by atoms with Crippen LogP contribution in [0.4, 0.5) is 0 Å². The van der Waals surface area contributed by atoms with Gasteiger partial charge in [-0.05, 0) is 50.5 Å². The topological polar surface area (TPSA) is 49.6 Å². The number of carbonyl (C=O) groups excluding carboxylic acids is 1. The highest BCUT2D eigenvalue weighted by Crippen LogP contribution is 2.45. The second kappa shape index (κ2) is 8.51. The van der Waals surface area contributed by atoms with Crippen LogP contribution in [0.2, 0.25) is 0 Å². The van der Waals surface area contributed by atoms with E-state index >= 15 is 0 Å². The van der Waals surface area contributed by atoms with E-state index < -0.39 is 0 Å². The van der Waals surface area contributed by atoms with Crippen LogP contribution < -0.4 is 0 Å². The molecule has 0 saturated carbocycles. The lowest BCUT2D eigenvalue weighted by atomic mass is 9.68. The van der Waals surface area contributed by atoms with Crippen LogP contribution in [0.5, 0.6) is 0 Å². The first kappa shape index (κ1) is 20.2. The van der Waals surface area contributed by atoms with Gasteiger partial charge in [0, 0.05) is 37.5 Å². The summed E-state index contributed by atoms with van der Waals surface area (Å²) in [6, 6.07) is 11.1. The van der Waals surface area contributed by atoms with Gasteiger partial charge in [-0.1, -0.05) is 48.4 Å². The van der Waals surface area contributed by atoms with Gasteiger partial charge in [0.05, 0.1) is 12.2 Å². The molecule has 5 nitrogen and oxygen atoms in total. The third-order valence-corrected chi connectivity index (χ3v) is 8.14. The van der Waals surface area contributed by atoms with Crippen molar-refractivity contribution in [1.82, 2.24) is 14.8 Å². The highest BCUT2D eigenvalue weighted by molar-refractivity contribution is 5.77. The molecule has 168 valence electrons. The van der Waals surface area contributed by atoms with Crippen LogP contribution >= 0.6 is 0 Å². The largest absolute Gasteiger partial charge is 0.441 e. The lowest BCUT2D eigenvalue weighted by Gasteiger charge is -2.54. The Bertz CT molecular complexity index is 997. The lowest BCUT2D eigenvalue weighted by Crippen LogP contribution is -2.60. The molecule has 1 aromatic heterocycles. The number of piperidine rings is 3. The molecule has 3 aliphatic heterocycles. The number of nitrogens with zero attached hydrogens (tertiary/aromatic N) is 3. The van der Waals surface area contributed by atoms with Crippen molar-refractivity contribution in [3.8, 4) is 11.3 Å². The van der Waals surface area contributed by atoms with E-state index in [0.717, 1.165) is 30.3 Å². The predicted octanol–water partition coefficient (Wildman–Crippen LogP) is 4.70. The Hall–Kier alpha value is -2.40. The zero-order valence-electron chi connectivity index (χ0n) is 18.8. The molecule has 1 aliphatic carbocycles. The van der Waals surface area contributed by atoms with Crippen LogP contribution in [0.3, 0.4) is 0 Å². The van der Waals surface area contributed by atoms with Crippen molar-refractivity contribution in [2.24, 2.45) is 11.8 Å². The average Bonchev–Trinajstić information content (AvgIpc) is 3.32. The number of carbonyl (C=O) groups is 1. The predicted molar refractivity (Wildman–Crippen MR) is 124 cm³/mol. The van der Waals surface area contributed by atoms with Crippen molar-refractivity contribution in [3.05, 3.63) is 54.1 Å². The first-order valence-corrected chi connectivity index (χ1v) is 12.5. The summed E-state index contributed by atoms with van der Waals surface area (Å²) in [5.41, 5.74) is 2.58. The molecule has 0 spiro atoms. The van der Waals surface area contributed by atoms with E-state index in [-0.39, 0.29) is 5.91 Å². The number of hydrogen-bond donors (Lipinski definition) is 0. The third-order valence-electron chi connectivity index (χ3n) is 8.14. The van der Waals surface area contributed by atoms with Crippen molar-refractivity contribution in [3.63, 3.8) is 0 Å². The summed E-state index contributed by atoms with van der Waals surface area (Å²) in [5.74, 6) is 3.00. The Morgan fingerprint density at radius 3 is 2.94 bits per heavy atom. The lowest BCUT2D eigenvalue weighted by molar-refractivity contribution is -0.136. The number of rotatable bonds is 4. The smallest absolute Gasteiger partial charge is 0.223 e. The van der Waals surface area contributed by atoms with E-state index in [2.05, 4.69) is 20.9 Å². The molecule has 1 amide bonds. The van der Waals surface area contributed by atoms with Gasteiger partial charge in [0.15, 0.2) is 11.7 Å². The molecular weight excluding hydrogens is 398 g/mol. The number of benzene rings is 1. The van der Waals surface area contributed by atoms with Gasteiger partial charge in [-0.2, -0.15) is 0 Å². The Morgan fingerprint density at radius 1 is 1.12 bits per heavy atom. The van der Waals surface area contributed by atoms with Gasteiger partial charge in [0.25, 0.3) is 0 Å². The Kier molecular flexibility index (Phi) is 5.38. The maximum atomic E-state index is 13.4. The van der Waals surface area contributed by atoms with Gasteiger partial charge in [-0.3, -0.25) is 9.69 Å². The summed E-state index contributed by atoms with van der Waals surface area (Å²) in [7, 11) is 0. The second-order valence-electron chi connectivity index (χ2n) is 10.1. The fourth-order valence-corrected chi connectivity index (χ4v) is 6.77. The number of likely N-dealkylation sites (tertiary alicyclic amines) is 1. The summed E-state index contributed by atoms with van der Waals surface area (Å²) >= 11 is 0. The normalized spacial score (nSPS) is 29.8. The van der Waals surface area contributed by atoms with Crippen LogP contribution in [0, 0.1) is 11.8 Å². The minimum absolute atomic E-state index is 0.263. The first-order valence-electron chi connectivity index (χ1n) is 12.5. The number of fused-ring (bicyclic) bond motifs is 6. The minimum Gasteiger partial charge on any atom is -0.441 e. The van der Waals surface area contributed by atoms with Crippen LogP contribution in [0.15, 0.2) is 52.6 Å². The highest BCUT2D eigenvalue weighted by Gasteiger charge is 2.46. The summed E-state index contributed by atoms with van der Waals surface area (Å²) in [5, 5.41) is 0. The van der Waals surface area contributed by atoms with Crippen LogP contribution in [0.1, 0.15) is 50.8 Å². The molecule has 2 bridgehead atoms. The number of oxazole rings is 1. The Balaban J connectivity index is 1.15. The third kappa shape index (κ3) is 3.71. The highest BCUT2D eigenvalue weighted by atomic mass is 16.4. The van der Waals surface area contributed by atoms with Gasteiger partial charge in [-0.25, -0.2) is 4.98 Å². The minimum atomic E-state index is 0.263. The van der Waals surface area contributed by atoms with Crippen molar-refractivity contribution < 1.29 is 9.21 Å². The van der Waals surface area contributed by atoms with E-state index in [9.17, 15) is 4.79 Å². The second-order valence-corrected chi connectivity index (χ2v) is 10.1. The van der Waals surface area contributed by atoms with E-state index in [0.29, 0.717) is 36.6 Å². The molecule has 0 N–H and O–H groups in total. The maximum absolute atomic E-state index is 13.4. The molecule has 4 aliphatic rings. The van der Waals surface area contributed by atoms with E-state index in [1.54, 1.807) is 11.8 Å². The van der Waals surface area contributed by atoms with Crippen molar-refractivity contribution >= 4 is 5.91 Å². The molecule has 6 rings (SSSR count). The van der Waals surface area contributed by atoms with Gasteiger partial charge in [0.1, 0.15) is 0 Å². The molecule has 0 radical (unpaired) electrons. The molecule has 3 fully saturated rings. The molecule has 4 atom stereocenters. The van der Waals surface area contributed by atoms with E-state index in [1.807, 2.05) is 30.3 Å². The molecule has 1 aromatic carbocycles. The molecule has 32 heavy (non-hydrogen) atoms. The maximum Gasteiger partial charge on any atom is 0.223 e. The number of amides is 1. The standard InChI is InChI=1S/C27H33N3O2/c31-26(12-11-25-28-17-24(32-25)19-7-2-1-3-8-19)30-14-6-9-20-15-21-16-22(27(20)30)18-29-13-5-4-10-23(21)29/h1-3,7-8,15,17,21-23,27H,4-6,9-14,16,18H2/t21-,22-,23+,27+/m1/s1. The van der Waals surface area contributed by atoms with Gasteiger partial charge in [-0.15, -0.1) is 0 Å². The van der Waals surface area contributed by atoms with Gasteiger partial charge in [0.2, 0.25) is 5.91 Å². The van der Waals surface area contributed by atoms with Crippen LogP contribution in [-0.2, 0) is 11.2 Å². The van der Waals surface area contributed by atoms with Crippen LogP contribution in [0.25, 0.3) is 11.3 Å². The zero-order valence-corrected chi connectivity index (χ0v) is 18.8. The SMILES string of the molecule is O=C(CCc1ncc(-c2ccccc2)o1)N1CCCC2=C[C@@H]3C[C@H](CN4CCCC[C@@H]34)[C@H]21. The first-order chi connectivity index (χ1) is 15.8. The Labute approximate surface area is 190 Å². The Morgan fingerprint density at radius 2 is 2.03 bits per heavy atom. The zero-order chi connectivity index (χ0) is 21.5. The van der Waals surface area contributed by atoms with Crippen molar-refractivity contribution in [1.29, 1.82) is 0 Å². The average molecular weight is 432 g/mol. The summed E-state index contributed by atoms with van der Waals surface area (Å²) < 4.78 is 5.94. The fraction of sp³-hybridized carbons (Fsp3) is 0.556. The molecule has 3 saturated heterocycles. The molecular formula is C27H33N3O2. The number of hydrogen-bond acceptors (Lipinski definition) is 4.